The van der Waals surface area contributed by atoms with Crippen molar-refractivity contribution in [2.24, 2.45) is 11.8 Å². The van der Waals surface area contributed by atoms with Crippen LogP contribution in [0.4, 0.5) is 0 Å². The molecule has 3 unspecified atom stereocenters. The van der Waals surface area contributed by atoms with Crippen LogP contribution in [0.25, 0.3) is 11.0 Å². The number of H-pyrrole nitrogens is 2. The first kappa shape index (κ1) is 14.1. The molecule has 3 N–H and O–H groups in total. The Morgan fingerprint density at radius 2 is 1.86 bits per heavy atom. The molecule has 1 aliphatic carbocycles. The predicted octanol–water partition coefficient (Wildman–Crippen LogP) is 1.91. The van der Waals surface area contributed by atoms with Crippen molar-refractivity contribution in [3.05, 3.63) is 44.5 Å². The summed E-state index contributed by atoms with van der Waals surface area (Å²) in [5.74, 6) is 1.31. The molecule has 2 aromatic rings. The Balaban J connectivity index is 2.04. The number of nitrogens with one attached hydrogen (secondary N) is 3. The van der Waals surface area contributed by atoms with Gasteiger partial charge in [0.2, 0.25) is 0 Å². The smallest absolute Gasteiger partial charge is 0.314 e. The molecule has 0 radical (unpaired) electrons. The van der Waals surface area contributed by atoms with Crippen molar-refractivity contribution in [2.45, 2.75) is 32.2 Å². The molecule has 1 aromatic carbocycles. The number of hydrogen-bond acceptors (Lipinski definition) is 3. The van der Waals surface area contributed by atoms with Gasteiger partial charge in [-0.25, -0.2) is 0 Å². The van der Waals surface area contributed by atoms with Crippen LogP contribution in [0.1, 0.15) is 37.8 Å². The standard InChI is InChI=1S/C16H21N3O2/c1-9-4-3-5-11(9)14(17-2)10-6-7-12-13(8-10)19-16(21)15(20)18-12/h6-9,11,14,17H,3-5H2,1-2H3,(H,18,20)(H,19,21). The maximum absolute atomic E-state index is 11.5. The van der Waals surface area contributed by atoms with E-state index in [1.54, 1.807) is 0 Å². The van der Waals surface area contributed by atoms with Crippen LogP contribution in [0.2, 0.25) is 0 Å². The van der Waals surface area contributed by atoms with E-state index in [0.29, 0.717) is 22.9 Å². The third-order valence-electron chi connectivity index (χ3n) is 4.77. The third kappa shape index (κ3) is 2.53. The minimum Gasteiger partial charge on any atom is -0.316 e. The summed E-state index contributed by atoms with van der Waals surface area (Å²) < 4.78 is 0. The van der Waals surface area contributed by atoms with Crippen molar-refractivity contribution in [1.29, 1.82) is 0 Å². The number of benzene rings is 1. The summed E-state index contributed by atoms with van der Waals surface area (Å²) >= 11 is 0. The molecule has 1 aromatic heterocycles. The van der Waals surface area contributed by atoms with Crippen LogP contribution in [-0.2, 0) is 0 Å². The van der Waals surface area contributed by atoms with Crippen LogP contribution in [0, 0.1) is 11.8 Å². The Labute approximate surface area is 122 Å². The maximum Gasteiger partial charge on any atom is 0.314 e. The summed E-state index contributed by atoms with van der Waals surface area (Å²) in [6, 6.07) is 6.15. The van der Waals surface area contributed by atoms with Gasteiger partial charge in [-0.05, 0) is 43.0 Å². The average Bonchev–Trinajstić information content (AvgIpc) is 2.88. The van der Waals surface area contributed by atoms with E-state index in [0.717, 1.165) is 5.56 Å². The molecule has 5 heteroatoms. The van der Waals surface area contributed by atoms with Gasteiger partial charge in [0.15, 0.2) is 0 Å². The molecule has 0 aliphatic heterocycles. The number of rotatable bonds is 3. The van der Waals surface area contributed by atoms with Crippen LogP contribution in [0.5, 0.6) is 0 Å². The highest BCUT2D eigenvalue weighted by Gasteiger charge is 2.31. The Kier molecular flexibility index (Phi) is 3.68. The lowest BCUT2D eigenvalue weighted by Gasteiger charge is -2.27. The topological polar surface area (TPSA) is 77.8 Å². The zero-order valence-corrected chi connectivity index (χ0v) is 12.4. The van der Waals surface area contributed by atoms with Crippen LogP contribution >= 0.6 is 0 Å². The van der Waals surface area contributed by atoms with Crippen molar-refractivity contribution < 1.29 is 0 Å². The van der Waals surface area contributed by atoms with Gasteiger partial charge in [-0.15, -0.1) is 0 Å². The fourth-order valence-corrected chi connectivity index (χ4v) is 3.62. The van der Waals surface area contributed by atoms with Gasteiger partial charge in [-0.3, -0.25) is 9.59 Å². The van der Waals surface area contributed by atoms with Gasteiger partial charge >= 0.3 is 11.1 Å². The highest BCUT2D eigenvalue weighted by atomic mass is 16.2. The van der Waals surface area contributed by atoms with Crippen molar-refractivity contribution in [2.75, 3.05) is 7.05 Å². The molecule has 1 aliphatic rings. The highest BCUT2D eigenvalue weighted by Crippen LogP contribution is 2.40. The fraction of sp³-hybridized carbons (Fsp3) is 0.500. The summed E-state index contributed by atoms with van der Waals surface area (Å²) in [4.78, 5) is 28.1. The molecule has 0 spiro atoms. The van der Waals surface area contributed by atoms with E-state index >= 15 is 0 Å². The van der Waals surface area contributed by atoms with Crippen molar-refractivity contribution in [1.82, 2.24) is 15.3 Å². The normalized spacial score (nSPS) is 23.5. The molecule has 3 rings (SSSR count). The van der Waals surface area contributed by atoms with Crippen LogP contribution in [0.3, 0.4) is 0 Å². The number of hydrogen-bond donors (Lipinski definition) is 3. The predicted molar refractivity (Wildman–Crippen MR) is 83.5 cm³/mol. The second-order valence-electron chi connectivity index (χ2n) is 6.05. The molecule has 1 fully saturated rings. The Hall–Kier alpha value is -1.88. The van der Waals surface area contributed by atoms with Gasteiger partial charge in [0.25, 0.3) is 0 Å². The molecule has 0 saturated heterocycles. The summed E-state index contributed by atoms with van der Waals surface area (Å²) in [7, 11) is 1.98. The van der Waals surface area contributed by atoms with Crippen LogP contribution in [0.15, 0.2) is 27.8 Å². The second-order valence-corrected chi connectivity index (χ2v) is 6.05. The van der Waals surface area contributed by atoms with E-state index in [4.69, 9.17) is 0 Å². The third-order valence-corrected chi connectivity index (χ3v) is 4.77. The summed E-state index contributed by atoms with van der Waals surface area (Å²) in [6.07, 6.45) is 3.79. The molecular weight excluding hydrogens is 266 g/mol. The lowest BCUT2D eigenvalue weighted by Crippen LogP contribution is -2.29. The molecule has 112 valence electrons. The zero-order valence-electron chi connectivity index (χ0n) is 12.4. The van der Waals surface area contributed by atoms with Crippen molar-refractivity contribution >= 4 is 11.0 Å². The quantitative estimate of drug-likeness (QED) is 0.755. The highest BCUT2D eigenvalue weighted by molar-refractivity contribution is 5.74. The first-order valence-electron chi connectivity index (χ1n) is 7.53. The number of fused-ring (bicyclic) bond motifs is 1. The molecule has 0 amide bonds. The van der Waals surface area contributed by atoms with Gasteiger partial charge in [0.05, 0.1) is 11.0 Å². The van der Waals surface area contributed by atoms with Gasteiger partial charge in [0.1, 0.15) is 0 Å². The van der Waals surface area contributed by atoms with Gasteiger partial charge in [0, 0.05) is 6.04 Å². The van der Waals surface area contributed by atoms with Crippen molar-refractivity contribution in [3.8, 4) is 0 Å². The largest absolute Gasteiger partial charge is 0.316 e. The van der Waals surface area contributed by atoms with E-state index in [1.807, 2.05) is 25.2 Å². The van der Waals surface area contributed by atoms with E-state index in [9.17, 15) is 9.59 Å². The number of aromatic nitrogens is 2. The molecule has 1 heterocycles. The fourth-order valence-electron chi connectivity index (χ4n) is 3.62. The molecular formula is C16H21N3O2. The van der Waals surface area contributed by atoms with E-state index in [1.165, 1.54) is 19.3 Å². The summed E-state index contributed by atoms with van der Waals surface area (Å²) in [6.45, 7) is 2.31. The maximum atomic E-state index is 11.5. The van der Waals surface area contributed by atoms with E-state index in [-0.39, 0.29) is 6.04 Å². The van der Waals surface area contributed by atoms with Crippen LogP contribution < -0.4 is 16.4 Å². The molecule has 1 saturated carbocycles. The minimum atomic E-state index is -0.607. The lowest BCUT2D eigenvalue weighted by atomic mass is 9.86. The monoisotopic (exact) mass is 287 g/mol. The van der Waals surface area contributed by atoms with Gasteiger partial charge in [-0.1, -0.05) is 25.8 Å². The van der Waals surface area contributed by atoms with Gasteiger partial charge < -0.3 is 15.3 Å². The zero-order chi connectivity index (χ0) is 15.0. The minimum absolute atomic E-state index is 0.280. The SMILES string of the molecule is CNC(c1ccc2[nH]c(=O)c(=O)[nH]c2c1)C1CCCC1C. The van der Waals surface area contributed by atoms with Gasteiger partial charge in [-0.2, -0.15) is 0 Å². The number of aromatic amines is 2. The Morgan fingerprint density at radius 3 is 2.48 bits per heavy atom. The Bertz CT molecular complexity index is 762. The first-order chi connectivity index (χ1) is 10.1. The average molecular weight is 287 g/mol. The molecule has 5 nitrogen and oxygen atoms in total. The van der Waals surface area contributed by atoms with Crippen molar-refractivity contribution in [3.63, 3.8) is 0 Å². The lowest BCUT2D eigenvalue weighted by molar-refractivity contribution is 0.315. The molecule has 0 bridgehead atoms. The molecule has 21 heavy (non-hydrogen) atoms. The van der Waals surface area contributed by atoms with E-state index in [2.05, 4.69) is 22.2 Å². The second kappa shape index (κ2) is 5.48. The first-order valence-corrected chi connectivity index (χ1v) is 7.53. The van der Waals surface area contributed by atoms with E-state index < -0.39 is 11.1 Å². The summed E-state index contributed by atoms with van der Waals surface area (Å²) in [5, 5.41) is 3.42. The Morgan fingerprint density at radius 1 is 1.14 bits per heavy atom. The van der Waals surface area contributed by atoms with Crippen LogP contribution in [-0.4, -0.2) is 17.0 Å². The summed E-state index contributed by atoms with van der Waals surface area (Å²) in [5.41, 5.74) is 1.30. The molecule has 3 atom stereocenters.